The number of β-amino-alcohol motifs (C(OH)–C–C–N with tert-alkyl or cyclic N) is 2. The van der Waals surface area contributed by atoms with E-state index in [0.29, 0.717) is 37.4 Å². The Morgan fingerprint density at radius 1 is 0.709 bits per heavy atom. The van der Waals surface area contributed by atoms with Crippen molar-refractivity contribution in [3.05, 3.63) is 142 Å². The number of hydrogen-bond acceptors (Lipinski definition) is 9. The van der Waals surface area contributed by atoms with Gasteiger partial charge in [0.25, 0.3) is 5.69 Å². The minimum absolute atomic E-state index is 0. The summed E-state index contributed by atoms with van der Waals surface area (Å²) in [5.74, 6) is -0.139. The monoisotopic (exact) mass is 752 g/mol. The van der Waals surface area contributed by atoms with Crippen molar-refractivity contribution in [2.24, 2.45) is 0 Å². The van der Waals surface area contributed by atoms with Crippen LogP contribution >= 0.6 is 0 Å². The van der Waals surface area contributed by atoms with Gasteiger partial charge in [0.2, 0.25) is 11.8 Å². The SMILES string of the molecule is C.CN(C(=O)Cc1ccccc1N)[C@H](CN1CC[C@H](O)C1)c1ccccc1.CN(C(=O)Cc1ccccc1[N+](=O)[O-])[C@H](CN1CC[C@H](O)C1)c1ccccc1. The zero-order chi connectivity index (χ0) is 38.6. The van der Waals surface area contributed by atoms with E-state index >= 15 is 0 Å². The summed E-state index contributed by atoms with van der Waals surface area (Å²) in [4.78, 5) is 44.5. The van der Waals surface area contributed by atoms with Gasteiger partial charge >= 0.3 is 0 Å². The van der Waals surface area contributed by atoms with Gasteiger partial charge in [-0.3, -0.25) is 29.5 Å². The molecule has 0 saturated carbocycles. The van der Waals surface area contributed by atoms with E-state index in [1.54, 1.807) is 30.1 Å². The van der Waals surface area contributed by atoms with Gasteiger partial charge in [0.05, 0.1) is 42.1 Å². The number of aliphatic hydroxyl groups excluding tert-OH is 2. The predicted octanol–water partition coefficient (Wildman–Crippen LogP) is 5.12. The van der Waals surface area contributed by atoms with E-state index < -0.39 is 4.92 Å². The number of likely N-dealkylation sites (N-methyl/N-ethyl adjacent to an activating group) is 2. The van der Waals surface area contributed by atoms with Crippen molar-refractivity contribution >= 4 is 23.2 Å². The lowest BCUT2D eigenvalue weighted by atomic mass is 10.0. The number of nitrogens with two attached hydrogens (primary N) is 1. The Hall–Kier alpha value is -5.14. The van der Waals surface area contributed by atoms with E-state index in [1.165, 1.54) is 6.07 Å². The highest BCUT2D eigenvalue weighted by Crippen LogP contribution is 2.27. The summed E-state index contributed by atoms with van der Waals surface area (Å²) in [6, 6.07) is 33.4. The normalized spacial score (nSPS) is 18.0. The topological polar surface area (TPSA) is 157 Å². The fourth-order valence-electron chi connectivity index (χ4n) is 7.16. The van der Waals surface area contributed by atoms with Gasteiger partial charge < -0.3 is 25.7 Å². The molecule has 2 heterocycles. The van der Waals surface area contributed by atoms with Crippen LogP contribution in [0.3, 0.4) is 0 Å². The second kappa shape index (κ2) is 20.5. The number of carbonyl (C=O) groups is 2. The number of likely N-dealkylation sites (tertiary alicyclic amines) is 2. The third-order valence-electron chi connectivity index (χ3n) is 10.4. The molecule has 0 bridgehead atoms. The molecule has 294 valence electrons. The Labute approximate surface area is 324 Å². The molecule has 0 unspecified atom stereocenters. The van der Waals surface area contributed by atoms with Crippen molar-refractivity contribution < 1.29 is 24.7 Å². The van der Waals surface area contributed by atoms with Crippen LogP contribution in [-0.4, -0.2) is 112 Å². The molecule has 12 nitrogen and oxygen atoms in total. The van der Waals surface area contributed by atoms with Gasteiger partial charge in [0.1, 0.15) is 0 Å². The Bertz CT molecular complexity index is 1830. The first-order valence-corrected chi connectivity index (χ1v) is 18.5. The van der Waals surface area contributed by atoms with Crippen LogP contribution in [0.2, 0.25) is 0 Å². The smallest absolute Gasteiger partial charge is 0.273 e. The zero-order valence-corrected chi connectivity index (χ0v) is 31.1. The van der Waals surface area contributed by atoms with E-state index in [1.807, 2.05) is 84.7 Å². The lowest BCUT2D eigenvalue weighted by Gasteiger charge is -2.32. The summed E-state index contributed by atoms with van der Waals surface area (Å²) in [6.07, 6.45) is 1.19. The standard InChI is InChI=1S/C21H25N3O4.C21H27N3O2.CH4/c1-22(21(26)13-17-9-5-6-10-19(17)24(27)28)20(16-7-3-2-4-8-16)15-23-12-11-18(25)14-23;1-23(21(26)13-17-9-5-6-10-19(17)22)20(16-7-3-2-4-8-16)15-24-12-11-18(25)14-24;/h2-10,18,20,25H,11-15H2,1H3;2-10,18,20,25H,11-15,22H2,1H3;1H4/t2*18-,20+;/m00./s1. The molecule has 0 radical (unpaired) electrons. The van der Waals surface area contributed by atoms with Crippen molar-refractivity contribution in [1.82, 2.24) is 19.6 Å². The molecule has 2 aliphatic heterocycles. The maximum atomic E-state index is 13.0. The summed E-state index contributed by atoms with van der Waals surface area (Å²) in [5.41, 5.74) is 9.97. The van der Waals surface area contributed by atoms with Crippen LogP contribution in [0.5, 0.6) is 0 Å². The van der Waals surface area contributed by atoms with Crippen molar-refractivity contribution in [3.8, 4) is 0 Å². The number of carbonyl (C=O) groups excluding carboxylic acids is 2. The molecular formula is C43H56N6O6. The van der Waals surface area contributed by atoms with Gasteiger partial charge in [0.15, 0.2) is 0 Å². The number of benzene rings is 4. The first-order chi connectivity index (χ1) is 26.0. The number of hydrogen-bond donors (Lipinski definition) is 3. The lowest BCUT2D eigenvalue weighted by Crippen LogP contribution is -2.39. The number of aliphatic hydroxyl groups is 2. The average Bonchev–Trinajstić information content (AvgIpc) is 3.80. The molecule has 2 fully saturated rings. The molecule has 0 aromatic heterocycles. The average molecular weight is 753 g/mol. The first kappa shape index (κ1) is 42.6. The second-order valence-electron chi connectivity index (χ2n) is 14.2. The zero-order valence-electron chi connectivity index (χ0n) is 31.1. The number of para-hydroxylation sites is 2. The van der Waals surface area contributed by atoms with E-state index in [4.69, 9.17) is 5.73 Å². The molecule has 55 heavy (non-hydrogen) atoms. The molecular weight excluding hydrogens is 697 g/mol. The molecule has 2 saturated heterocycles. The number of nitrogens with zero attached hydrogens (tertiary/aromatic N) is 5. The van der Waals surface area contributed by atoms with E-state index in [-0.39, 0.29) is 62.1 Å². The summed E-state index contributed by atoms with van der Waals surface area (Å²) in [7, 11) is 3.59. The molecule has 2 aliphatic rings. The van der Waals surface area contributed by atoms with Gasteiger partial charge in [-0.05, 0) is 35.6 Å². The fourth-order valence-corrected chi connectivity index (χ4v) is 7.16. The third kappa shape index (κ3) is 11.9. The molecule has 4 aromatic rings. The van der Waals surface area contributed by atoms with Crippen molar-refractivity contribution in [1.29, 1.82) is 0 Å². The number of amides is 2. The molecule has 6 rings (SSSR count). The summed E-state index contributed by atoms with van der Waals surface area (Å²) >= 11 is 0. The van der Waals surface area contributed by atoms with Crippen LogP contribution in [0.25, 0.3) is 0 Å². The first-order valence-electron chi connectivity index (χ1n) is 18.5. The van der Waals surface area contributed by atoms with Gasteiger partial charge in [-0.25, -0.2) is 0 Å². The van der Waals surface area contributed by atoms with Gasteiger partial charge in [-0.2, -0.15) is 0 Å². The lowest BCUT2D eigenvalue weighted by molar-refractivity contribution is -0.385. The molecule has 2 amide bonds. The minimum atomic E-state index is -0.455. The van der Waals surface area contributed by atoms with E-state index in [0.717, 1.165) is 42.6 Å². The third-order valence-corrected chi connectivity index (χ3v) is 10.4. The van der Waals surface area contributed by atoms with Crippen LogP contribution in [0.4, 0.5) is 11.4 Å². The summed E-state index contributed by atoms with van der Waals surface area (Å²) < 4.78 is 0. The van der Waals surface area contributed by atoms with E-state index in [9.17, 15) is 29.9 Å². The number of nitrogen functional groups attached to an aromatic ring is 1. The maximum absolute atomic E-state index is 13.0. The Morgan fingerprint density at radius 2 is 1.11 bits per heavy atom. The van der Waals surface area contributed by atoms with E-state index in [2.05, 4.69) is 21.9 Å². The molecule has 12 heteroatoms. The van der Waals surface area contributed by atoms with Gasteiger partial charge in [-0.15, -0.1) is 0 Å². The molecule has 4 N–H and O–H groups in total. The quantitative estimate of drug-likeness (QED) is 0.0959. The Balaban J connectivity index is 0.000000241. The molecule has 4 aromatic carbocycles. The highest BCUT2D eigenvalue weighted by molar-refractivity contribution is 5.81. The van der Waals surface area contributed by atoms with Crippen LogP contribution in [0.15, 0.2) is 109 Å². The number of anilines is 1. The Kier molecular flexibility index (Phi) is 15.9. The summed E-state index contributed by atoms with van der Waals surface area (Å²) in [6.45, 7) is 4.23. The Morgan fingerprint density at radius 3 is 1.53 bits per heavy atom. The van der Waals surface area contributed by atoms with Crippen LogP contribution < -0.4 is 5.73 Å². The molecule has 0 aliphatic carbocycles. The van der Waals surface area contributed by atoms with Crippen LogP contribution in [0, 0.1) is 10.1 Å². The number of nitro groups is 1. The largest absolute Gasteiger partial charge is 0.398 e. The second-order valence-corrected chi connectivity index (χ2v) is 14.2. The van der Waals surface area contributed by atoms with Crippen molar-refractivity contribution in [3.63, 3.8) is 0 Å². The highest BCUT2D eigenvalue weighted by Gasteiger charge is 2.30. The van der Waals surface area contributed by atoms with Crippen molar-refractivity contribution in [2.75, 3.05) is 59.1 Å². The van der Waals surface area contributed by atoms with Gasteiger partial charge in [0, 0.05) is 70.7 Å². The number of rotatable bonds is 13. The molecule has 0 spiro atoms. The summed E-state index contributed by atoms with van der Waals surface area (Å²) in [5, 5.41) is 30.9. The van der Waals surface area contributed by atoms with Gasteiger partial charge in [-0.1, -0.05) is 104 Å². The highest BCUT2D eigenvalue weighted by atomic mass is 16.6. The fraction of sp³-hybridized carbons (Fsp3) is 0.395. The molecule has 4 atom stereocenters. The van der Waals surface area contributed by atoms with Crippen molar-refractivity contribution in [2.45, 2.75) is 57.4 Å². The predicted molar refractivity (Wildman–Crippen MR) is 216 cm³/mol. The number of nitro benzene ring substituents is 1. The maximum Gasteiger partial charge on any atom is 0.273 e. The minimum Gasteiger partial charge on any atom is -0.398 e. The van der Waals surface area contributed by atoms with Crippen LogP contribution in [0.1, 0.15) is 54.6 Å². The van der Waals surface area contributed by atoms with Crippen LogP contribution in [-0.2, 0) is 22.4 Å².